The fraction of sp³-hybridized carbons (Fsp3) is 0.381. The van der Waals surface area contributed by atoms with Gasteiger partial charge < -0.3 is 10.1 Å². The molecule has 2 rings (SSSR count). The summed E-state index contributed by atoms with van der Waals surface area (Å²) in [5.74, 6) is 0.0138. The molecule has 1 N–H and O–H groups in total. The number of aryl methyl sites for hydroxylation is 1. The van der Waals surface area contributed by atoms with Gasteiger partial charge in [-0.3, -0.25) is 4.79 Å². The van der Waals surface area contributed by atoms with E-state index >= 15 is 0 Å². The lowest BCUT2D eigenvalue weighted by Crippen LogP contribution is -2.30. The molecule has 0 fully saturated rings. The second kappa shape index (κ2) is 9.64. The van der Waals surface area contributed by atoms with E-state index < -0.39 is 0 Å². The molecule has 25 heavy (non-hydrogen) atoms. The predicted octanol–water partition coefficient (Wildman–Crippen LogP) is 4.54. The third kappa shape index (κ3) is 6.22. The highest BCUT2D eigenvalue weighted by atomic mass is 32.2. The van der Waals surface area contributed by atoms with Crippen LogP contribution in [-0.4, -0.2) is 24.8 Å². The number of carbonyl (C=O) groups is 1. The Morgan fingerprint density at radius 2 is 1.80 bits per heavy atom. The van der Waals surface area contributed by atoms with Crippen LogP contribution in [-0.2, 0) is 16.0 Å². The SMILES string of the molecule is COC(CNC(=O)Cc1ccc(SC(C)C)cc1)c1ccccc1C. The van der Waals surface area contributed by atoms with Crippen LogP contribution in [0.5, 0.6) is 0 Å². The Hall–Kier alpha value is -1.78. The predicted molar refractivity (Wildman–Crippen MR) is 105 cm³/mol. The van der Waals surface area contributed by atoms with Crippen molar-refractivity contribution >= 4 is 17.7 Å². The first-order valence-corrected chi connectivity index (χ1v) is 9.48. The molecule has 0 heterocycles. The summed E-state index contributed by atoms with van der Waals surface area (Å²) in [6, 6.07) is 16.3. The Morgan fingerprint density at radius 1 is 1.12 bits per heavy atom. The number of nitrogens with one attached hydrogen (secondary N) is 1. The maximum Gasteiger partial charge on any atom is 0.224 e. The Balaban J connectivity index is 1.88. The van der Waals surface area contributed by atoms with Gasteiger partial charge in [0.1, 0.15) is 0 Å². The maximum absolute atomic E-state index is 12.2. The van der Waals surface area contributed by atoms with Gasteiger partial charge in [-0.05, 0) is 35.7 Å². The molecule has 0 bridgehead atoms. The van der Waals surface area contributed by atoms with E-state index in [2.05, 4.69) is 44.3 Å². The molecule has 3 nitrogen and oxygen atoms in total. The van der Waals surface area contributed by atoms with Crippen LogP contribution in [0.4, 0.5) is 0 Å². The lowest BCUT2D eigenvalue weighted by Gasteiger charge is -2.18. The maximum atomic E-state index is 12.2. The monoisotopic (exact) mass is 357 g/mol. The number of benzene rings is 2. The van der Waals surface area contributed by atoms with E-state index in [0.717, 1.165) is 11.1 Å². The van der Waals surface area contributed by atoms with Crippen LogP contribution in [0, 0.1) is 6.92 Å². The van der Waals surface area contributed by atoms with Gasteiger partial charge in [-0.15, -0.1) is 11.8 Å². The Kier molecular flexibility index (Phi) is 7.53. The first-order valence-electron chi connectivity index (χ1n) is 8.60. The second-order valence-electron chi connectivity index (χ2n) is 6.37. The number of carbonyl (C=O) groups excluding carboxylic acids is 1. The molecule has 2 aromatic rings. The zero-order valence-electron chi connectivity index (χ0n) is 15.4. The Morgan fingerprint density at radius 3 is 2.40 bits per heavy atom. The minimum absolute atomic E-state index is 0.0138. The zero-order valence-corrected chi connectivity index (χ0v) is 16.2. The van der Waals surface area contributed by atoms with Crippen LogP contribution >= 0.6 is 11.8 Å². The van der Waals surface area contributed by atoms with Crippen LogP contribution < -0.4 is 5.32 Å². The average Bonchev–Trinajstić information content (AvgIpc) is 2.58. The van der Waals surface area contributed by atoms with Gasteiger partial charge in [-0.1, -0.05) is 50.2 Å². The normalized spacial score (nSPS) is 12.2. The second-order valence-corrected chi connectivity index (χ2v) is 8.02. The van der Waals surface area contributed by atoms with Gasteiger partial charge >= 0.3 is 0 Å². The molecule has 2 aromatic carbocycles. The molecule has 4 heteroatoms. The summed E-state index contributed by atoms with van der Waals surface area (Å²) in [5.41, 5.74) is 3.30. The van der Waals surface area contributed by atoms with Crippen molar-refractivity contribution in [3.05, 3.63) is 65.2 Å². The molecule has 0 saturated heterocycles. The van der Waals surface area contributed by atoms with Gasteiger partial charge in [0.15, 0.2) is 0 Å². The summed E-state index contributed by atoms with van der Waals surface area (Å²) in [6.07, 6.45) is 0.256. The van der Waals surface area contributed by atoms with Crippen LogP contribution in [0.1, 0.15) is 36.6 Å². The summed E-state index contributed by atoms with van der Waals surface area (Å²) in [7, 11) is 1.67. The largest absolute Gasteiger partial charge is 0.375 e. The van der Waals surface area contributed by atoms with Crippen molar-refractivity contribution in [2.75, 3.05) is 13.7 Å². The molecule has 0 saturated carbocycles. The van der Waals surface area contributed by atoms with Crippen molar-refractivity contribution < 1.29 is 9.53 Å². The molecule has 0 radical (unpaired) electrons. The van der Waals surface area contributed by atoms with E-state index in [1.54, 1.807) is 7.11 Å². The van der Waals surface area contributed by atoms with Crippen LogP contribution in [0.25, 0.3) is 0 Å². The van der Waals surface area contributed by atoms with Crippen LogP contribution in [0.15, 0.2) is 53.4 Å². The number of hydrogen-bond donors (Lipinski definition) is 1. The van der Waals surface area contributed by atoms with E-state index in [0.29, 0.717) is 18.2 Å². The van der Waals surface area contributed by atoms with E-state index in [-0.39, 0.29) is 12.0 Å². The average molecular weight is 358 g/mol. The van der Waals surface area contributed by atoms with Gasteiger partial charge in [-0.2, -0.15) is 0 Å². The summed E-state index contributed by atoms with van der Waals surface area (Å²) in [4.78, 5) is 13.5. The smallest absolute Gasteiger partial charge is 0.224 e. The van der Waals surface area contributed by atoms with E-state index in [9.17, 15) is 4.79 Å². The molecule has 0 aliphatic heterocycles. The van der Waals surface area contributed by atoms with Gasteiger partial charge in [0, 0.05) is 23.8 Å². The number of methoxy groups -OCH3 is 1. The van der Waals surface area contributed by atoms with Crippen molar-refractivity contribution in [2.45, 2.75) is 43.4 Å². The molecule has 0 spiro atoms. The number of ether oxygens (including phenoxy) is 1. The molecule has 1 atom stereocenters. The fourth-order valence-corrected chi connectivity index (χ4v) is 3.52. The van der Waals surface area contributed by atoms with Crippen molar-refractivity contribution in [3.8, 4) is 0 Å². The first kappa shape index (κ1) is 19.5. The zero-order chi connectivity index (χ0) is 18.2. The highest BCUT2D eigenvalue weighted by Crippen LogP contribution is 2.23. The fourth-order valence-electron chi connectivity index (χ4n) is 2.68. The highest BCUT2D eigenvalue weighted by Gasteiger charge is 2.14. The first-order chi connectivity index (χ1) is 12.0. The molecular weight excluding hydrogens is 330 g/mol. The molecule has 1 amide bonds. The molecule has 0 aliphatic rings. The summed E-state index contributed by atoms with van der Waals surface area (Å²) in [6.45, 7) is 6.88. The molecule has 0 aliphatic carbocycles. The van der Waals surface area contributed by atoms with Crippen LogP contribution in [0.2, 0.25) is 0 Å². The van der Waals surface area contributed by atoms with Crippen LogP contribution in [0.3, 0.4) is 0 Å². The number of rotatable bonds is 8. The summed E-state index contributed by atoms with van der Waals surface area (Å²) < 4.78 is 5.55. The topological polar surface area (TPSA) is 38.3 Å². The third-order valence-electron chi connectivity index (χ3n) is 3.96. The van der Waals surface area contributed by atoms with Gasteiger partial charge in [0.2, 0.25) is 5.91 Å². The minimum Gasteiger partial charge on any atom is -0.375 e. The van der Waals surface area contributed by atoms with Crippen molar-refractivity contribution in [3.63, 3.8) is 0 Å². The number of amides is 1. The van der Waals surface area contributed by atoms with Gasteiger partial charge in [0.25, 0.3) is 0 Å². The lowest BCUT2D eigenvalue weighted by molar-refractivity contribution is -0.121. The quantitative estimate of drug-likeness (QED) is 0.705. The summed E-state index contributed by atoms with van der Waals surface area (Å²) in [5, 5.41) is 3.54. The summed E-state index contributed by atoms with van der Waals surface area (Å²) >= 11 is 1.83. The van der Waals surface area contributed by atoms with Crippen molar-refractivity contribution in [2.24, 2.45) is 0 Å². The Bertz CT molecular complexity index is 683. The van der Waals surface area contributed by atoms with E-state index in [1.807, 2.05) is 42.1 Å². The Labute approximate surface area is 155 Å². The molecule has 134 valence electrons. The highest BCUT2D eigenvalue weighted by molar-refractivity contribution is 7.99. The van der Waals surface area contributed by atoms with Crippen molar-refractivity contribution in [1.82, 2.24) is 5.32 Å². The number of hydrogen-bond acceptors (Lipinski definition) is 3. The van der Waals surface area contributed by atoms with Gasteiger partial charge in [0.05, 0.1) is 12.5 Å². The van der Waals surface area contributed by atoms with Crippen molar-refractivity contribution in [1.29, 1.82) is 0 Å². The van der Waals surface area contributed by atoms with Gasteiger partial charge in [-0.25, -0.2) is 0 Å². The third-order valence-corrected chi connectivity index (χ3v) is 4.98. The lowest BCUT2D eigenvalue weighted by atomic mass is 10.0. The molecular formula is C21H27NO2S. The van der Waals surface area contributed by atoms with E-state index in [4.69, 9.17) is 4.74 Å². The minimum atomic E-state index is -0.130. The van der Waals surface area contributed by atoms with E-state index in [1.165, 1.54) is 10.5 Å². The molecule has 1 unspecified atom stereocenters. The number of thioether (sulfide) groups is 1. The molecule has 0 aromatic heterocycles. The standard InChI is InChI=1S/C21H27NO2S/c1-15(2)25-18-11-9-17(10-12-18)13-21(23)22-14-20(24-4)19-8-6-5-7-16(19)3/h5-12,15,20H,13-14H2,1-4H3,(H,22,23).